The number of aromatic nitrogens is 3. The molecule has 0 radical (unpaired) electrons. The van der Waals surface area contributed by atoms with Gasteiger partial charge in [-0.25, -0.2) is 23.1 Å². The van der Waals surface area contributed by atoms with Crippen molar-refractivity contribution in [1.29, 1.82) is 0 Å². The van der Waals surface area contributed by atoms with Gasteiger partial charge in [0, 0.05) is 23.1 Å². The average Bonchev–Trinajstić information content (AvgIpc) is 3.05. The Kier molecular flexibility index (Phi) is 3.94. The van der Waals surface area contributed by atoms with Crippen LogP contribution in [0.3, 0.4) is 0 Å². The fourth-order valence-electron chi connectivity index (χ4n) is 2.77. The van der Waals surface area contributed by atoms with Gasteiger partial charge in [0.2, 0.25) is 10.0 Å². The van der Waals surface area contributed by atoms with E-state index in [1.54, 1.807) is 53.5 Å². The van der Waals surface area contributed by atoms with Gasteiger partial charge in [-0.1, -0.05) is 6.07 Å². The Bertz CT molecular complexity index is 1150. The van der Waals surface area contributed by atoms with E-state index in [0.717, 1.165) is 5.70 Å². The lowest BCUT2D eigenvalue weighted by Crippen LogP contribution is -2.15. The highest BCUT2D eigenvalue weighted by atomic mass is 32.2. The van der Waals surface area contributed by atoms with Gasteiger partial charge < -0.3 is 10.1 Å². The van der Waals surface area contributed by atoms with Crippen LogP contribution >= 0.6 is 0 Å². The van der Waals surface area contributed by atoms with Gasteiger partial charge in [-0.2, -0.15) is 5.10 Å². The second-order valence-electron chi connectivity index (χ2n) is 5.58. The molecule has 132 valence electrons. The molecule has 0 amide bonds. The molecule has 0 bridgehead atoms. The summed E-state index contributed by atoms with van der Waals surface area (Å²) in [5, 5.41) is 12.9. The third kappa shape index (κ3) is 2.93. The molecule has 2 aromatic heterocycles. The summed E-state index contributed by atoms with van der Waals surface area (Å²) in [6, 6.07) is 8.41. The summed E-state index contributed by atoms with van der Waals surface area (Å²) in [6.45, 7) is 0.431. The highest BCUT2D eigenvalue weighted by Crippen LogP contribution is 2.35. The normalized spacial score (nSPS) is 14.1. The quantitative estimate of drug-likeness (QED) is 0.726. The maximum atomic E-state index is 12.2. The fourth-order valence-corrected chi connectivity index (χ4v) is 3.53. The molecular weight excluding hydrogens is 354 g/mol. The van der Waals surface area contributed by atoms with E-state index in [2.05, 4.69) is 15.4 Å². The van der Waals surface area contributed by atoms with Crippen molar-refractivity contribution in [3.8, 4) is 11.3 Å². The summed E-state index contributed by atoms with van der Waals surface area (Å²) in [7, 11) is -3.96. The first-order valence-corrected chi connectivity index (χ1v) is 9.29. The number of sulfonamides is 1. The molecular formula is C17H15N5O3S. The Labute approximate surface area is 149 Å². The summed E-state index contributed by atoms with van der Waals surface area (Å²) < 4.78 is 31.1. The number of hydrogen-bond acceptors (Lipinski definition) is 6. The molecule has 3 heterocycles. The standard InChI is InChI=1S/C17H15N5O3S/c18-26(23,24)15-4-1-3-13(21-12-6-9-25-10-7-12)17(15)14-11-19-16-5-2-8-20-22(14)16/h1-9,11,21H,10H2,(H2,18,23,24). The van der Waals surface area contributed by atoms with Gasteiger partial charge in [0.15, 0.2) is 5.65 Å². The van der Waals surface area contributed by atoms with Gasteiger partial charge in [-0.15, -0.1) is 0 Å². The smallest absolute Gasteiger partial charge is 0.238 e. The third-order valence-electron chi connectivity index (χ3n) is 3.89. The Morgan fingerprint density at radius 1 is 1.23 bits per heavy atom. The summed E-state index contributed by atoms with van der Waals surface area (Å²) in [6.07, 6.45) is 8.35. The summed E-state index contributed by atoms with van der Waals surface area (Å²) in [5.41, 5.74) is 2.88. The first-order chi connectivity index (χ1) is 12.5. The number of allylic oxidation sites excluding steroid dienone is 1. The van der Waals surface area contributed by atoms with E-state index in [-0.39, 0.29) is 4.90 Å². The number of nitrogens with two attached hydrogens (primary N) is 1. The van der Waals surface area contributed by atoms with E-state index >= 15 is 0 Å². The SMILES string of the molecule is NS(=O)(=O)c1cccc(NC2=CCOC=C2)c1-c1cnc2cccnn12. The number of benzene rings is 1. The lowest BCUT2D eigenvalue weighted by atomic mass is 10.1. The number of nitrogens with one attached hydrogen (secondary N) is 1. The third-order valence-corrected chi connectivity index (χ3v) is 4.84. The number of hydrogen-bond donors (Lipinski definition) is 2. The van der Waals surface area contributed by atoms with Crippen LogP contribution in [0.2, 0.25) is 0 Å². The Hall–Kier alpha value is -3.17. The van der Waals surface area contributed by atoms with E-state index in [0.29, 0.717) is 29.2 Å². The first kappa shape index (κ1) is 16.3. The molecule has 0 unspecified atom stereocenters. The minimum atomic E-state index is -3.96. The van der Waals surface area contributed by atoms with Crippen LogP contribution in [0, 0.1) is 0 Å². The number of imidazole rings is 1. The highest BCUT2D eigenvalue weighted by molar-refractivity contribution is 7.89. The Morgan fingerprint density at radius 3 is 2.88 bits per heavy atom. The van der Waals surface area contributed by atoms with Crippen LogP contribution < -0.4 is 10.5 Å². The molecule has 1 aliphatic rings. The van der Waals surface area contributed by atoms with Gasteiger partial charge in [0.25, 0.3) is 0 Å². The Balaban J connectivity index is 1.96. The molecule has 3 aromatic rings. The summed E-state index contributed by atoms with van der Waals surface area (Å²) in [5.74, 6) is 0. The van der Waals surface area contributed by atoms with Crippen LogP contribution in [0.1, 0.15) is 0 Å². The average molecular weight is 369 g/mol. The van der Waals surface area contributed by atoms with Crippen LogP contribution in [0.15, 0.2) is 71.7 Å². The lowest BCUT2D eigenvalue weighted by molar-refractivity contribution is 0.284. The van der Waals surface area contributed by atoms with Crippen LogP contribution in [0.25, 0.3) is 16.9 Å². The van der Waals surface area contributed by atoms with E-state index < -0.39 is 10.0 Å². The van der Waals surface area contributed by atoms with Crippen LogP contribution in [-0.2, 0) is 14.8 Å². The van der Waals surface area contributed by atoms with E-state index in [1.165, 1.54) is 6.07 Å². The van der Waals surface area contributed by atoms with Crippen molar-refractivity contribution in [2.75, 3.05) is 11.9 Å². The molecule has 9 heteroatoms. The molecule has 1 aliphatic heterocycles. The highest BCUT2D eigenvalue weighted by Gasteiger charge is 2.22. The van der Waals surface area contributed by atoms with Crippen molar-refractivity contribution in [2.24, 2.45) is 5.14 Å². The number of anilines is 1. The second kappa shape index (κ2) is 6.28. The topological polar surface area (TPSA) is 112 Å². The molecule has 0 spiro atoms. The predicted molar refractivity (Wildman–Crippen MR) is 96.6 cm³/mol. The molecule has 0 aliphatic carbocycles. The minimum Gasteiger partial charge on any atom is -0.497 e. The van der Waals surface area contributed by atoms with Crippen LogP contribution in [0.4, 0.5) is 5.69 Å². The molecule has 0 fully saturated rings. The van der Waals surface area contributed by atoms with Gasteiger partial charge in [-0.3, -0.25) is 0 Å². The van der Waals surface area contributed by atoms with Crippen molar-refractivity contribution in [3.63, 3.8) is 0 Å². The zero-order valence-corrected chi connectivity index (χ0v) is 14.3. The van der Waals surface area contributed by atoms with Gasteiger partial charge in [-0.05, 0) is 36.4 Å². The molecule has 0 saturated carbocycles. The van der Waals surface area contributed by atoms with Crippen LogP contribution in [0.5, 0.6) is 0 Å². The second-order valence-corrected chi connectivity index (χ2v) is 7.11. The largest absolute Gasteiger partial charge is 0.497 e. The predicted octanol–water partition coefficient (Wildman–Crippen LogP) is 1.88. The number of rotatable bonds is 4. The maximum absolute atomic E-state index is 12.2. The number of ether oxygens (including phenoxy) is 1. The van der Waals surface area contributed by atoms with E-state index in [1.807, 2.05) is 6.08 Å². The van der Waals surface area contributed by atoms with Gasteiger partial charge in [0.1, 0.15) is 6.61 Å². The fraction of sp³-hybridized carbons (Fsp3) is 0.0588. The van der Waals surface area contributed by atoms with E-state index in [9.17, 15) is 8.42 Å². The monoisotopic (exact) mass is 369 g/mol. The lowest BCUT2D eigenvalue weighted by Gasteiger charge is -2.16. The van der Waals surface area contributed by atoms with Crippen LogP contribution in [-0.4, -0.2) is 29.6 Å². The maximum Gasteiger partial charge on any atom is 0.238 e. The molecule has 0 saturated heterocycles. The number of nitrogens with zero attached hydrogens (tertiary/aromatic N) is 3. The van der Waals surface area contributed by atoms with Crippen molar-refractivity contribution in [1.82, 2.24) is 14.6 Å². The summed E-state index contributed by atoms with van der Waals surface area (Å²) in [4.78, 5) is 4.29. The van der Waals surface area contributed by atoms with Gasteiger partial charge in [0.05, 0.1) is 23.0 Å². The number of primary sulfonamides is 1. The molecule has 0 atom stereocenters. The molecule has 4 rings (SSSR count). The molecule has 26 heavy (non-hydrogen) atoms. The van der Waals surface area contributed by atoms with E-state index in [4.69, 9.17) is 9.88 Å². The van der Waals surface area contributed by atoms with Gasteiger partial charge >= 0.3 is 0 Å². The van der Waals surface area contributed by atoms with Crippen molar-refractivity contribution in [2.45, 2.75) is 4.90 Å². The first-order valence-electron chi connectivity index (χ1n) is 7.74. The van der Waals surface area contributed by atoms with Crippen molar-refractivity contribution >= 4 is 21.4 Å². The molecule has 3 N–H and O–H groups in total. The number of fused-ring (bicyclic) bond motifs is 1. The zero-order valence-electron chi connectivity index (χ0n) is 13.5. The van der Waals surface area contributed by atoms with Crippen molar-refractivity contribution < 1.29 is 13.2 Å². The molecule has 8 nitrogen and oxygen atoms in total. The molecule has 1 aromatic carbocycles. The minimum absolute atomic E-state index is 0.00779. The summed E-state index contributed by atoms with van der Waals surface area (Å²) >= 11 is 0. The van der Waals surface area contributed by atoms with Crippen molar-refractivity contribution in [3.05, 3.63) is 66.8 Å². The zero-order chi connectivity index (χ0) is 18.1. The Morgan fingerprint density at radius 2 is 2.12 bits per heavy atom.